The van der Waals surface area contributed by atoms with Crippen LogP contribution >= 0.6 is 0 Å². The van der Waals surface area contributed by atoms with Crippen LogP contribution in [0.25, 0.3) is 10.9 Å². The highest BCUT2D eigenvalue weighted by Gasteiger charge is 2.37. The molecule has 0 aliphatic carbocycles. The van der Waals surface area contributed by atoms with Crippen molar-refractivity contribution < 1.29 is 31.1 Å². The number of hydrogen-bond acceptors (Lipinski definition) is 7. The molecule has 1 aromatic carbocycles. The van der Waals surface area contributed by atoms with E-state index in [4.69, 9.17) is 9.47 Å². The maximum absolute atomic E-state index is 13.6. The molecule has 3 aromatic rings. The monoisotopic (exact) mass is 688 g/mol. The first-order valence-electron chi connectivity index (χ1n) is 15.4. The normalized spacial score (nSPS) is 15.7. The first-order chi connectivity index (χ1) is 20.8. The summed E-state index contributed by atoms with van der Waals surface area (Å²) in [6, 6.07) is 8.33. The van der Waals surface area contributed by atoms with Gasteiger partial charge in [0.05, 0.1) is 22.1 Å². The molecule has 1 aliphatic rings. The van der Waals surface area contributed by atoms with Gasteiger partial charge in [-0.2, -0.15) is 23.4 Å². The number of aromatic nitrogens is 4. The minimum Gasteiger partial charge on any atom is -0.360 e. The second-order valence-electron chi connectivity index (χ2n) is 14.2. The van der Waals surface area contributed by atoms with Gasteiger partial charge in [-0.1, -0.05) is 45.3 Å². The molecule has 4 rings (SSSR count). The summed E-state index contributed by atoms with van der Waals surface area (Å²) in [5, 5.41) is 8.38. The third-order valence-electron chi connectivity index (χ3n) is 7.88. The van der Waals surface area contributed by atoms with E-state index in [2.05, 4.69) is 54.2 Å². The number of halogens is 3. The van der Waals surface area contributed by atoms with E-state index < -0.39 is 43.3 Å². The number of nitrogens with one attached hydrogen (secondary N) is 1. The van der Waals surface area contributed by atoms with Crippen molar-refractivity contribution in [3.63, 3.8) is 0 Å². The summed E-state index contributed by atoms with van der Waals surface area (Å²) in [5.41, 5.74) is 0.918. The molecule has 0 bridgehead atoms. The molecule has 16 heteroatoms. The van der Waals surface area contributed by atoms with Crippen LogP contribution in [0, 0.1) is 6.92 Å². The molecule has 0 radical (unpaired) electrons. The zero-order valence-corrected chi connectivity index (χ0v) is 30.2. The topological polar surface area (TPSA) is 104 Å². The number of nitrogens with zero attached hydrogens (tertiary/aromatic N) is 5. The van der Waals surface area contributed by atoms with Gasteiger partial charge < -0.3 is 14.4 Å². The van der Waals surface area contributed by atoms with E-state index >= 15 is 0 Å². The van der Waals surface area contributed by atoms with Crippen LogP contribution in [0.15, 0.2) is 24.3 Å². The Bertz CT molecular complexity index is 1560. The van der Waals surface area contributed by atoms with Gasteiger partial charge in [-0.15, -0.1) is 0 Å². The molecule has 1 N–H and O–H groups in total. The van der Waals surface area contributed by atoms with E-state index in [9.17, 15) is 21.6 Å². The van der Waals surface area contributed by atoms with Crippen LogP contribution in [-0.4, -0.2) is 75.7 Å². The second kappa shape index (κ2) is 13.8. The quantitative estimate of drug-likeness (QED) is 0.151. The van der Waals surface area contributed by atoms with Crippen LogP contribution in [0.1, 0.15) is 24.2 Å². The Hall–Kier alpha value is -2.41. The fraction of sp³-hybridized carbons (Fsp3) is 0.655. The minimum absolute atomic E-state index is 0.101. The van der Waals surface area contributed by atoms with Crippen LogP contribution < -0.4 is 9.62 Å². The average molecular weight is 689 g/mol. The number of aryl methyl sites for hydroxylation is 1. The third kappa shape index (κ3) is 9.56. The molecule has 0 unspecified atom stereocenters. The summed E-state index contributed by atoms with van der Waals surface area (Å²) in [6.07, 6.45) is -4.11. The lowest BCUT2D eigenvalue weighted by Gasteiger charge is -2.33. The van der Waals surface area contributed by atoms with Crippen LogP contribution in [0.5, 0.6) is 0 Å². The van der Waals surface area contributed by atoms with Crippen LogP contribution in [0.3, 0.4) is 0 Å². The van der Waals surface area contributed by atoms with Gasteiger partial charge >= 0.3 is 6.18 Å². The Balaban J connectivity index is 1.43. The summed E-state index contributed by atoms with van der Waals surface area (Å²) >= 11 is 0. The summed E-state index contributed by atoms with van der Waals surface area (Å²) in [4.78, 5) is 1.76. The number of benzene rings is 1. The van der Waals surface area contributed by atoms with Crippen molar-refractivity contribution in [2.45, 2.75) is 96.0 Å². The Morgan fingerprint density at radius 3 is 2.07 bits per heavy atom. The van der Waals surface area contributed by atoms with Crippen molar-refractivity contribution in [2.24, 2.45) is 0 Å². The molecular formula is C29H47F3N6O4SSi2. The van der Waals surface area contributed by atoms with Crippen molar-refractivity contribution in [1.82, 2.24) is 19.6 Å². The second-order valence-corrected chi connectivity index (χ2v) is 27.4. The van der Waals surface area contributed by atoms with Crippen molar-refractivity contribution in [2.75, 3.05) is 35.9 Å². The van der Waals surface area contributed by atoms with Gasteiger partial charge in [0.2, 0.25) is 10.0 Å². The molecular weight excluding hydrogens is 642 g/mol. The van der Waals surface area contributed by atoms with Crippen LogP contribution in [-0.2, 0) is 39.1 Å². The first kappa shape index (κ1) is 35.4. The molecule has 1 aliphatic heterocycles. The molecule has 3 heterocycles. The first-order valence-corrected chi connectivity index (χ1v) is 24.3. The SMILES string of the molecule is Cc1nn(COCC[Si](C)(C)C)c2cccc(NS(=O)(=O)C3CCN(c4cc(C(F)(F)F)nn4COCC[Si](C)(C)C)CC3)c12. The van der Waals surface area contributed by atoms with E-state index in [0.717, 1.165) is 23.7 Å². The number of ether oxygens (including phenoxy) is 2. The Morgan fingerprint density at radius 2 is 1.51 bits per heavy atom. The van der Waals surface area contributed by atoms with Gasteiger partial charge in [0, 0.05) is 53.9 Å². The predicted molar refractivity (Wildman–Crippen MR) is 178 cm³/mol. The standard InChI is InChI=1S/C29H47F3N6O4SSi2/c1-22-28-24(9-8-10-25(28)37(33-22)20-41-15-17-44(2,3)4)35-43(39,40)23-11-13-36(14-12-23)27-19-26(29(30,31)32)34-38(27)21-42-16-18-45(5,6)7/h8-10,19,23,35H,11-18,20-21H2,1-7H3. The predicted octanol–water partition coefficient (Wildman–Crippen LogP) is 6.60. The molecule has 252 valence electrons. The average Bonchev–Trinajstić information content (AvgIpc) is 3.50. The highest BCUT2D eigenvalue weighted by Crippen LogP contribution is 2.34. The number of hydrogen-bond donors (Lipinski definition) is 1. The van der Waals surface area contributed by atoms with Crippen molar-refractivity contribution in [3.05, 3.63) is 35.7 Å². The van der Waals surface area contributed by atoms with E-state index in [0.29, 0.717) is 30.0 Å². The van der Waals surface area contributed by atoms with Crippen LogP contribution in [0.2, 0.25) is 51.4 Å². The number of rotatable bonds is 14. The maximum Gasteiger partial charge on any atom is 0.435 e. The summed E-state index contributed by atoms with van der Waals surface area (Å²) in [7, 11) is -6.40. The smallest absolute Gasteiger partial charge is 0.360 e. The molecule has 2 aromatic heterocycles. The van der Waals surface area contributed by atoms with Gasteiger partial charge in [-0.05, 0) is 44.0 Å². The molecule has 1 fully saturated rings. The number of piperidine rings is 1. The van der Waals surface area contributed by atoms with Crippen molar-refractivity contribution in [3.8, 4) is 0 Å². The largest absolute Gasteiger partial charge is 0.435 e. The fourth-order valence-electron chi connectivity index (χ4n) is 5.19. The zero-order valence-electron chi connectivity index (χ0n) is 27.4. The lowest BCUT2D eigenvalue weighted by molar-refractivity contribution is -0.141. The molecule has 10 nitrogen and oxygen atoms in total. The number of alkyl halides is 3. The number of sulfonamides is 1. The van der Waals surface area contributed by atoms with Gasteiger partial charge in [0.25, 0.3) is 0 Å². The van der Waals surface area contributed by atoms with E-state index in [-0.39, 0.29) is 45.2 Å². The molecule has 0 saturated carbocycles. The van der Waals surface area contributed by atoms with Gasteiger partial charge in [-0.3, -0.25) is 4.72 Å². The van der Waals surface area contributed by atoms with Crippen molar-refractivity contribution in [1.29, 1.82) is 0 Å². The summed E-state index contributed by atoms with van der Waals surface area (Å²) in [6.45, 7) is 17.1. The van der Waals surface area contributed by atoms with Gasteiger partial charge in [-0.25, -0.2) is 17.8 Å². The molecule has 0 atom stereocenters. The summed E-state index contributed by atoms with van der Waals surface area (Å²) in [5.74, 6) is 0.277. The lowest BCUT2D eigenvalue weighted by atomic mass is 10.1. The van der Waals surface area contributed by atoms with E-state index in [1.54, 1.807) is 21.7 Å². The van der Waals surface area contributed by atoms with Crippen LogP contribution in [0.4, 0.5) is 24.7 Å². The highest BCUT2D eigenvalue weighted by molar-refractivity contribution is 7.93. The van der Waals surface area contributed by atoms with E-state index in [1.165, 1.54) is 4.68 Å². The molecule has 1 saturated heterocycles. The lowest BCUT2D eigenvalue weighted by Crippen LogP contribution is -2.42. The Kier molecular flexibility index (Phi) is 10.8. The number of fused-ring (bicyclic) bond motifs is 1. The van der Waals surface area contributed by atoms with Crippen molar-refractivity contribution >= 4 is 48.6 Å². The highest BCUT2D eigenvalue weighted by atomic mass is 32.2. The third-order valence-corrected chi connectivity index (χ3v) is 13.1. The zero-order chi connectivity index (χ0) is 33.2. The Labute approximate surface area is 266 Å². The van der Waals surface area contributed by atoms with E-state index in [1.807, 2.05) is 13.0 Å². The minimum atomic E-state index is -4.60. The molecule has 0 amide bonds. The number of anilines is 2. The van der Waals surface area contributed by atoms with Gasteiger partial charge in [0.15, 0.2) is 5.69 Å². The van der Waals surface area contributed by atoms with Gasteiger partial charge in [0.1, 0.15) is 19.3 Å². The molecule has 45 heavy (non-hydrogen) atoms. The molecule has 0 spiro atoms. The fourth-order valence-corrected chi connectivity index (χ4v) is 8.18. The maximum atomic E-state index is 13.6. The Morgan fingerprint density at radius 1 is 0.933 bits per heavy atom. The summed E-state index contributed by atoms with van der Waals surface area (Å²) < 4.78 is 85.1.